The molecule has 4 aromatic rings. The van der Waals surface area contributed by atoms with Gasteiger partial charge in [-0.25, -0.2) is 0 Å². The molecule has 2 aliphatic rings. The van der Waals surface area contributed by atoms with E-state index in [1.165, 1.54) is 7.11 Å². The monoisotopic (exact) mass is 777 g/mol. The normalized spacial score (nSPS) is 26.5. The van der Waals surface area contributed by atoms with Crippen LogP contribution in [0.3, 0.4) is 0 Å². The number of hydrogen-bond donors (Lipinski definition) is 1. The van der Waals surface area contributed by atoms with Gasteiger partial charge < -0.3 is 28.4 Å². The van der Waals surface area contributed by atoms with Crippen molar-refractivity contribution in [3.8, 4) is 0 Å². The molecule has 4 aromatic carbocycles. The summed E-state index contributed by atoms with van der Waals surface area (Å²) in [6, 6.07) is 39.3. The highest BCUT2D eigenvalue weighted by Crippen LogP contribution is 2.45. The molecule has 8 nitrogen and oxygen atoms in total. The lowest BCUT2D eigenvalue weighted by Crippen LogP contribution is -2.71. The molecule has 1 N–H and O–H groups in total. The van der Waals surface area contributed by atoms with Crippen molar-refractivity contribution in [3.63, 3.8) is 0 Å². The van der Waals surface area contributed by atoms with Gasteiger partial charge in [-0.2, -0.15) is 0 Å². The Balaban J connectivity index is 1.40. The van der Waals surface area contributed by atoms with Gasteiger partial charge in [0.25, 0.3) is 0 Å². The summed E-state index contributed by atoms with van der Waals surface area (Å²) in [5, 5.41) is 3.53. The number of hydrogen-bond acceptors (Lipinski definition) is 8. The highest BCUT2D eigenvalue weighted by Gasteiger charge is 2.65. The van der Waals surface area contributed by atoms with Gasteiger partial charge in [0.1, 0.15) is 36.1 Å². The van der Waals surface area contributed by atoms with Crippen LogP contribution in [0, 0.1) is 0 Å². The van der Waals surface area contributed by atoms with Gasteiger partial charge in [-0.05, 0) is 28.7 Å². The molecule has 49 heavy (non-hydrogen) atoms. The molecule has 7 atom stereocenters. The minimum absolute atomic E-state index is 0.0185. The highest BCUT2D eigenvalue weighted by atomic mass is 127. The number of carbonyl (C=O) groups excluding carboxylic acids is 1. The van der Waals surface area contributed by atoms with E-state index in [9.17, 15) is 4.79 Å². The molecule has 0 saturated carbocycles. The minimum atomic E-state index is -1.13. The third kappa shape index (κ3) is 8.96. The Kier molecular flexibility index (Phi) is 12.9. The maximum Gasteiger partial charge on any atom is 0.325 e. The van der Waals surface area contributed by atoms with E-state index in [0.29, 0.717) is 32.8 Å². The van der Waals surface area contributed by atoms with Crippen molar-refractivity contribution in [2.75, 3.05) is 18.1 Å². The van der Waals surface area contributed by atoms with Crippen LogP contribution in [0.25, 0.3) is 0 Å². The Labute approximate surface area is 302 Å². The SMILES string of the molecule is COC(=O)C1NC(CI)C[C@]12OC(COCc1ccccc1)[C@@H](OCc1ccccc1)[C@@H](OCc1ccccc1)C2OCc1ccccc1. The van der Waals surface area contributed by atoms with Gasteiger partial charge in [0, 0.05) is 10.5 Å². The molecule has 2 aliphatic heterocycles. The number of methoxy groups -OCH3 is 1. The Hall–Kier alpha value is -3.16. The van der Waals surface area contributed by atoms with E-state index in [1.54, 1.807) is 0 Å². The Morgan fingerprint density at radius 1 is 0.714 bits per heavy atom. The molecule has 1 spiro atoms. The molecule has 0 bridgehead atoms. The van der Waals surface area contributed by atoms with E-state index >= 15 is 0 Å². The fourth-order valence-electron chi connectivity index (χ4n) is 6.81. The molecule has 0 amide bonds. The van der Waals surface area contributed by atoms with Gasteiger partial charge in [-0.15, -0.1) is 0 Å². The summed E-state index contributed by atoms with van der Waals surface area (Å²) in [5.74, 6) is -0.407. The van der Waals surface area contributed by atoms with Crippen LogP contribution in [0.5, 0.6) is 0 Å². The van der Waals surface area contributed by atoms with Crippen molar-refractivity contribution in [2.45, 2.75) is 74.9 Å². The van der Waals surface area contributed by atoms with Crippen molar-refractivity contribution >= 4 is 28.6 Å². The fraction of sp³-hybridized carbons (Fsp3) is 0.375. The second-order valence-electron chi connectivity index (χ2n) is 12.5. The fourth-order valence-corrected chi connectivity index (χ4v) is 7.37. The largest absolute Gasteiger partial charge is 0.468 e. The predicted molar refractivity (Wildman–Crippen MR) is 195 cm³/mol. The van der Waals surface area contributed by atoms with Crippen LogP contribution in [0.1, 0.15) is 28.7 Å². The van der Waals surface area contributed by atoms with Crippen LogP contribution in [0.4, 0.5) is 0 Å². The molecule has 258 valence electrons. The standard InChI is InChI=1S/C40H44INO7/c1-44-39(43)37-40(22-33(23-41)42-37)38(48-27-32-20-12-5-13-21-32)36(47-26-31-18-10-4-11-19-31)35(46-25-30-16-8-3-9-17-30)34(49-40)28-45-24-29-14-6-2-7-15-29/h2-21,33-38,42H,22-28H2,1H3/t33?,34?,35-,36-,37?,38?,40+/m1/s1. The molecule has 6 rings (SSSR count). The zero-order valence-electron chi connectivity index (χ0n) is 27.7. The second-order valence-corrected chi connectivity index (χ2v) is 13.4. The maximum absolute atomic E-state index is 13.6. The summed E-state index contributed by atoms with van der Waals surface area (Å²) in [4.78, 5) is 13.6. The van der Waals surface area contributed by atoms with Gasteiger partial charge in [0.05, 0.1) is 40.1 Å². The summed E-state index contributed by atoms with van der Waals surface area (Å²) in [6.45, 7) is 1.57. The number of benzene rings is 4. The van der Waals surface area contributed by atoms with Crippen LogP contribution >= 0.6 is 22.6 Å². The third-order valence-corrected chi connectivity index (χ3v) is 10.2. The average molecular weight is 778 g/mol. The summed E-state index contributed by atoms with van der Waals surface area (Å²) in [6.07, 6.45) is -2.00. The summed E-state index contributed by atoms with van der Waals surface area (Å²) in [5.41, 5.74) is 2.96. The van der Waals surface area contributed by atoms with Gasteiger partial charge in [0.15, 0.2) is 0 Å². The van der Waals surface area contributed by atoms with Crippen LogP contribution in [-0.2, 0) is 59.6 Å². The van der Waals surface area contributed by atoms with Crippen molar-refractivity contribution in [1.29, 1.82) is 0 Å². The molecule has 9 heteroatoms. The number of halogens is 1. The molecular weight excluding hydrogens is 733 g/mol. The van der Waals surface area contributed by atoms with Crippen LogP contribution < -0.4 is 5.32 Å². The number of carbonyl (C=O) groups is 1. The van der Waals surface area contributed by atoms with E-state index in [0.717, 1.165) is 26.7 Å². The number of alkyl halides is 1. The molecule has 0 aliphatic carbocycles. The van der Waals surface area contributed by atoms with Gasteiger partial charge in [-0.1, -0.05) is 144 Å². The lowest BCUT2D eigenvalue weighted by molar-refractivity contribution is -0.309. The van der Waals surface area contributed by atoms with E-state index in [4.69, 9.17) is 28.4 Å². The molecular formula is C40H44INO7. The first-order valence-corrected chi connectivity index (χ1v) is 18.3. The van der Waals surface area contributed by atoms with Crippen molar-refractivity contribution < 1.29 is 33.2 Å². The number of nitrogens with one attached hydrogen (secondary N) is 1. The first-order chi connectivity index (χ1) is 24.1. The average Bonchev–Trinajstić information content (AvgIpc) is 3.53. The van der Waals surface area contributed by atoms with Gasteiger partial charge >= 0.3 is 5.97 Å². The molecule has 4 unspecified atom stereocenters. The summed E-state index contributed by atoms with van der Waals surface area (Å²) < 4.78 is 40.3. The second kappa shape index (κ2) is 17.7. The quantitative estimate of drug-likeness (QED) is 0.0841. The number of rotatable bonds is 15. The molecule has 0 radical (unpaired) electrons. The van der Waals surface area contributed by atoms with Crippen molar-refractivity contribution in [3.05, 3.63) is 144 Å². The van der Waals surface area contributed by atoms with Gasteiger partial charge in [-0.3, -0.25) is 10.1 Å². The lowest BCUT2D eigenvalue weighted by atomic mass is 9.78. The topological polar surface area (TPSA) is 84.5 Å². The smallest absolute Gasteiger partial charge is 0.325 e. The van der Waals surface area contributed by atoms with E-state index in [1.807, 2.05) is 121 Å². The zero-order chi connectivity index (χ0) is 33.9. The van der Waals surface area contributed by atoms with Crippen molar-refractivity contribution in [1.82, 2.24) is 5.32 Å². The van der Waals surface area contributed by atoms with E-state index < -0.39 is 42.0 Å². The number of ether oxygens (including phenoxy) is 6. The Morgan fingerprint density at radius 3 is 1.67 bits per heavy atom. The summed E-state index contributed by atoms with van der Waals surface area (Å²) >= 11 is 2.35. The zero-order valence-corrected chi connectivity index (χ0v) is 29.9. The van der Waals surface area contributed by atoms with Crippen LogP contribution in [0.2, 0.25) is 0 Å². The van der Waals surface area contributed by atoms with E-state index in [-0.39, 0.29) is 12.6 Å². The van der Waals surface area contributed by atoms with Crippen LogP contribution in [0.15, 0.2) is 121 Å². The maximum atomic E-state index is 13.6. The first-order valence-electron chi connectivity index (χ1n) is 16.8. The van der Waals surface area contributed by atoms with Crippen LogP contribution in [-0.4, -0.2) is 66.2 Å². The Bertz CT molecular complexity index is 1570. The summed E-state index contributed by atoms with van der Waals surface area (Å²) in [7, 11) is 1.41. The van der Waals surface area contributed by atoms with Crippen molar-refractivity contribution in [2.24, 2.45) is 0 Å². The number of esters is 1. The first kappa shape index (κ1) is 35.7. The molecule has 0 aromatic heterocycles. The molecule has 2 heterocycles. The minimum Gasteiger partial charge on any atom is -0.468 e. The Morgan fingerprint density at radius 2 is 1.18 bits per heavy atom. The van der Waals surface area contributed by atoms with Gasteiger partial charge in [0.2, 0.25) is 0 Å². The third-order valence-electron chi connectivity index (χ3n) is 9.16. The lowest BCUT2D eigenvalue weighted by Gasteiger charge is -2.53. The van der Waals surface area contributed by atoms with E-state index in [2.05, 4.69) is 27.9 Å². The molecule has 2 saturated heterocycles. The highest BCUT2D eigenvalue weighted by molar-refractivity contribution is 14.1. The molecule has 2 fully saturated rings. The predicted octanol–water partition coefficient (Wildman–Crippen LogP) is 6.44.